The van der Waals surface area contributed by atoms with Crippen LogP contribution >= 0.6 is 0 Å². The third-order valence-corrected chi connectivity index (χ3v) is 8.96. The van der Waals surface area contributed by atoms with E-state index in [1.807, 2.05) is 72.8 Å². The van der Waals surface area contributed by atoms with E-state index in [9.17, 15) is 14.4 Å². The van der Waals surface area contributed by atoms with Gasteiger partial charge in [-0.1, -0.05) is 72.8 Å². The molecule has 8 nitrogen and oxygen atoms in total. The van der Waals surface area contributed by atoms with Gasteiger partial charge in [0, 0.05) is 12.1 Å². The Bertz CT molecular complexity index is 1770. The maximum atomic E-state index is 14.3. The first kappa shape index (κ1) is 24.5. The maximum absolute atomic E-state index is 14.3. The lowest BCUT2D eigenvalue weighted by atomic mass is 9.47. The quantitative estimate of drug-likeness (QED) is 0.225. The fourth-order valence-corrected chi connectivity index (χ4v) is 7.36. The van der Waals surface area contributed by atoms with Crippen LogP contribution in [0.4, 0.5) is 5.69 Å². The number of fused-ring (bicyclic) bond motifs is 1. The van der Waals surface area contributed by atoms with E-state index in [-0.39, 0.29) is 36.9 Å². The Kier molecular flexibility index (Phi) is 5.34. The highest BCUT2D eigenvalue weighted by molar-refractivity contribution is 6.25. The maximum Gasteiger partial charge on any atom is 0.244 e. The molecule has 3 aliphatic carbocycles. The lowest BCUT2D eigenvalue weighted by Gasteiger charge is -2.52. The molecule has 0 aromatic heterocycles. The number of carbonyl (C=O) groups is 3. The molecule has 0 spiro atoms. The van der Waals surface area contributed by atoms with E-state index in [2.05, 4.69) is 10.5 Å². The van der Waals surface area contributed by atoms with Gasteiger partial charge in [0.25, 0.3) is 0 Å². The number of anilines is 1. The number of para-hydroxylation sites is 1. The number of amides is 3. The zero-order chi connectivity index (χ0) is 28.4. The highest BCUT2D eigenvalue weighted by Crippen LogP contribution is 2.63. The Morgan fingerprint density at radius 2 is 1.52 bits per heavy atom. The van der Waals surface area contributed by atoms with Gasteiger partial charge in [-0.3, -0.25) is 14.4 Å². The number of ether oxygens (including phenoxy) is 2. The molecule has 0 radical (unpaired) electrons. The number of carbonyl (C=O) groups excluding carboxylic acids is 3. The van der Waals surface area contributed by atoms with Crippen LogP contribution in [0.3, 0.4) is 0 Å². The second-order valence-corrected chi connectivity index (χ2v) is 11.0. The summed E-state index contributed by atoms with van der Waals surface area (Å²) < 4.78 is 10.8. The Morgan fingerprint density at radius 1 is 0.857 bits per heavy atom. The van der Waals surface area contributed by atoms with E-state index < -0.39 is 17.3 Å². The second-order valence-electron chi connectivity index (χ2n) is 11.0. The molecule has 1 fully saturated rings. The first-order chi connectivity index (χ1) is 20.6. The number of nitrogens with one attached hydrogen (secondary N) is 1. The molecule has 1 N–H and O–H groups in total. The van der Waals surface area contributed by atoms with Crippen LogP contribution in [0.15, 0.2) is 102 Å². The summed E-state index contributed by atoms with van der Waals surface area (Å²) in [4.78, 5) is 42.8. The van der Waals surface area contributed by atoms with Gasteiger partial charge >= 0.3 is 0 Å². The van der Waals surface area contributed by atoms with Crippen molar-refractivity contribution in [1.29, 1.82) is 0 Å². The number of benzene rings is 4. The summed E-state index contributed by atoms with van der Waals surface area (Å²) in [5, 5.41) is 4.48. The predicted octanol–water partition coefficient (Wildman–Crippen LogP) is 4.31. The molecule has 0 saturated carbocycles. The summed E-state index contributed by atoms with van der Waals surface area (Å²) >= 11 is 0. The first-order valence-corrected chi connectivity index (χ1v) is 13.9. The third-order valence-electron chi connectivity index (χ3n) is 8.96. The Labute approximate surface area is 241 Å². The van der Waals surface area contributed by atoms with Gasteiger partial charge in [0.15, 0.2) is 11.5 Å². The van der Waals surface area contributed by atoms with E-state index in [1.54, 1.807) is 30.5 Å². The minimum Gasteiger partial charge on any atom is -0.454 e. The van der Waals surface area contributed by atoms with Crippen molar-refractivity contribution in [2.24, 2.45) is 16.9 Å². The minimum absolute atomic E-state index is 0.0848. The molecule has 42 heavy (non-hydrogen) atoms. The van der Waals surface area contributed by atoms with Gasteiger partial charge in [-0.15, -0.1) is 0 Å². The van der Waals surface area contributed by atoms with E-state index in [4.69, 9.17) is 9.47 Å². The lowest BCUT2D eigenvalue weighted by molar-refractivity contribution is -0.123. The molecule has 3 amide bonds. The standard InChI is InChI=1S/C34H25N3O5/c38-28(17-20-14-15-26-27(16-20)42-19-41-26)36-35-18-34-24-12-6-4-10-22(24)29(23-11-5-7-13-25(23)34)30-31(34)33(40)37(32(30)39)21-8-2-1-3-9-21/h1-16,18,29-31H,17,19H2,(H,36,38)/b35-18-/t29?,30-,31-,34?/m0/s1. The van der Waals surface area contributed by atoms with Gasteiger partial charge in [-0.25, -0.2) is 10.3 Å². The zero-order valence-electron chi connectivity index (χ0n) is 22.4. The van der Waals surface area contributed by atoms with Crippen molar-refractivity contribution in [3.05, 3.63) is 125 Å². The molecule has 0 unspecified atom stereocenters. The molecule has 2 heterocycles. The molecule has 8 heteroatoms. The molecule has 5 aliphatic rings. The highest BCUT2D eigenvalue weighted by Gasteiger charge is 2.68. The topological polar surface area (TPSA) is 97.3 Å². The van der Waals surface area contributed by atoms with Gasteiger partial charge in [0.05, 0.1) is 29.4 Å². The molecular weight excluding hydrogens is 530 g/mol. The van der Waals surface area contributed by atoms with E-state index in [0.29, 0.717) is 17.2 Å². The van der Waals surface area contributed by atoms with Crippen molar-refractivity contribution in [2.75, 3.05) is 11.7 Å². The fourth-order valence-electron chi connectivity index (χ4n) is 7.36. The van der Waals surface area contributed by atoms with Crippen LogP contribution in [0.1, 0.15) is 33.7 Å². The summed E-state index contributed by atoms with van der Waals surface area (Å²) in [6, 6.07) is 30.4. The number of nitrogens with zero attached hydrogens (tertiary/aromatic N) is 2. The summed E-state index contributed by atoms with van der Waals surface area (Å²) in [6.45, 7) is 0.159. The number of hydrogen-bond donors (Lipinski definition) is 1. The molecule has 4 aromatic rings. The number of hydrazone groups is 1. The van der Waals surface area contributed by atoms with Crippen LogP contribution in [-0.4, -0.2) is 30.7 Å². The monoisotopic (exact) mass is 555 g/mol. The zero-order valence-corrected chi connectivity index (χ0v) is 22.4. The van der Waals surface area contributed by atoms with Crippen molar-refractivity contribution in [3.8, 4) is 11.5 Å². The van der Waals surface area contributed by atoms with E-state index in [0.717, 1.165) is 27.8 Å². The van der Waals surface area contributed by atoms with Crippen molar-refractivity contribution < 1.29 is 23.9 Å². The molecule has 9 rings (SSSR count). The van der Waals surface area contributed by atoms with Gasteiger partial charge in [0.2, 0.25) is 24.5 Å². The minimum atomic E-state index is -1.05. The van der Waals surface area contributed by atoms with Crippen LogP contribution in [0.25, 0.3) is 0 Å². The normalized spacial score (nSPS) is 24.5. The van der Waals surface area contributed by atoms with Crippen LogP contribution in [0.2, 0.25) is 0 Å². The van der Waals surface area contributed by atoms with Crippen LogP contribution in [-0.2, 0) is 26.2 Å². The van der Waals surface area contributed by atoms with Crippen LogP contribution in [0, 0.1) is 11.8 Å². The van der Waals surface area contributed by atoms with Crippen LogP contribution < -0.4 is 19.8 Å². The lowest BCUT2D eigenvalue weighted by Crippen LogP contribution is -2.54. The van der Waals surface area contributed by atoms with Crippen LogP contribution in [0.5, 0.6) is 11.5 Å². The van der Waals surface area contributed by atoms with Gasteiger partial charge in [-0.2, -0.15) is 5.10 Å². The van der Waals surface area contributed by atoms with Gasteiger partial charge < -0.3 is 9.47 Å². The molecule has 2 aliphatic heterocycles. The van der Waals surface area contributed by atoms with E-state index >= 15 is 0 Å². The van der Waals surface area contributed by atoms with Gasteiger partial charge in [-0.05, 0) is 52.1 Å². The average molecular weight is 556 g/mol. The third kappa shape index (κ3) is 3.35. The Hall–Kier alpha value is -5.24. The molecule has 4 aromatic carbocycles. The average Bonchev–Trinajstić information content (AvgIpc) is 3.59. The second kappa shape index (κ2) is 9.14. The number of rotatable bonds is 5. The van der Waals surface area contributed by atoms with E-state index in [1.165, 1.54) is 4.90 Å². The molecular formula is C34H25N3O5. The smallest absolute Gasteiger partial charge is 0.244 e. The Morgan fingerprint density at radius 3 is 2.26 bits per heavy atom. The van der Waals surface area contributed by atoms with Crippen molar-refractivity contribution in [2.45, 2.75) is 17.8 Å². The number of hydrogen-bond acceptors (Lipinski definition) is 6. The molecule has 206 valence electrons. The fraction of sp³-hybridized carbons (Fsp3) is 0.176. The van der Waals surface area contributed by atoms with Crippen molar-refractivity contribution in [1.82, 2.24) is 5.43 Å². The molecule has 1 saturated heterocycles. The summed E-state index contributed by atoms with van der Waals surface area (Å²) in [7, 11) is 0. The van der Waals surface area contributed by atoms with Crippen molar-refractivity contribution >= 4 is 29.6 Å². The summed E-state index contributed by atoms with van der Waals surface area (Å²) in [5.41, 5.74) is 6.82. The SMILES string of the molecule is O=C(Cc1ccc2c(c1)OCO2)N/N=C\C12c3ccccc3C(c3ccccc31)[C@@H]1C(=O)N(c3ccccc3)C(=O)[C@H]12. The molecule has 2 atom stereocenters. The van der Waals surface area contributed by atoms with Gasteiger partial charge in [0.1, 0.15) is 0 Å². The van der Waals surface area contributed by atoms with Crippen molar-refractivity contribution in [3.63, 3.8) is 0 Å². The summed E-state index contributed by atoms with van der Waals surface area (Å²) in [5.74, 6) is -1.11. The largest absolute Gasteiger partial charge is 0.454 e. The number of imide groups is 1. The predicted molar refractivity (Wildman–Crippen MR) is 154 cm³/mol. The molecule has 2 bridgehead atoms. The Balaban J connectivity index is 1.21. The highest BCUT2D eigenvalue weighted by atomic mass is 16.7. The summed E-state index contributed by atoms with van der Waals surface area (Å²) in [6.07, 6.45) is 1.76. The first-order valence-electron chi connectivity index (χ1n) is 13.9.